The van der Waals surface area contributed by atoms with Gasteiger partial charge in [0.15, 0.2) is 0 Å². The van der Waals surface area contributed by atoms with Crippen molar-refractivity contribution in [1.29, 1.82) is 0 Å². The van der Waals surface area contributed by atoms with E-state index in [1.54, 1.807) is 0 Å². The Hall–Kier alpha value is -0.810. The number of nitrogens with one attached hydrogen (secondary N) is 1. The van der Waals surface area contributed by atoms with Crippen LogP contribution >= 0.6 is 0 Å². The van der Waals surface area contributed by atoms with Crippen LogP contribution in [0.5, 0.6) is 0 Å². The first kappa shape index (κ1) is 13.3. The molecule has 0 amide bonds. The molecule has 1 saturated heterocycles. The quantitative estimate of drug-likeness (QED) is 0.203. The Morgan fingerprint density at radius 2 is 2.38 bits per heavy atom. The molecule has 1 fully saturated rings. The molecule has 1 aliphatic rings. The monoisotopic (exact) mass is 228 g/mol. The van der Waals surface area contributed by atoms with Crippen molar-refractivity contribution < 1.29 is 5.21 Å². The van der Waals surface area contributed by atoms with Crippen LogP contribution in [-0.2, 0) is 0 Å². The Kier molecular flexibility index (Phi) is 5.55. The third-order valence-corrected chi connectivity index (χ3v) is 3.17. The normalized spacial score (nSPS) is 23.2. The van der Waals surface area contributed by atoms with E-state index >= 15 is 0 Å². The molecule has 0 radical (unpaired) electrons. The van der Waals surface area contributed by atoms with E-state index in [1.807, 2.05) is 0 Å². The molecule has 16 heavy (non-hydrogen) atoms. The minimum atomic E-state index is 0.294. The minimum Gasteiger partial charge on any atom is -0.409 e. The molecule has 1 aliphatic heterocycles. The minimum absolute atomic E-state index is 0.294. The van der Waals surface area contributed by atoms with Crippen LogP contribution in [0.4, 0.5) is 0 Å². The third-order valence-electron chi connectivity index (χ3n) is 3.17. The molecule has 4 N–H and O–H groups in total. The molecule has 1 atom stereocenters. The molecule has 1 unspecified atom stereocenters. The van der Waals surface area contributed by atoms with Gasteiger partial charge >= 0.3 is 0 Å². The lowest BCUT2D eigenvalue weighted by Crippen LogP contribution is -2.31. The Morgan fingerprint density at radius 1 is 1.62 bits per heavy atom. The van der Waals surface area contributed by atoms with Crippen molar-refractivity contribution in [2.45, 2.75) is 32.7 Å². The van der Waals surface area contributed by atoms with Crippen LogP contribution in [0, 0.1) is 5.92 Å². The summed E-state index contributed by atoms with van der Waals surface area (Å²) < 4.78 is 0. The van der Waals surface area contributed by atoms with Crippen LogP contribution in [0.1, 0.15) is 26.7 Å². The summed E-state index contributed by atoms with van der Waals surface area (Å²) in [4.78, 5) is 2.51. The number of amidine groups is 1. The molecule has 0 aliphatic carbocycles. The maximum absolute atomic E-state index is 8.37. The van der Waals surface area contributed by atoms with E-state index in [0.717, 1.165) is 19.0 Å². The molecule has 5 nitrogen and oxygen atoms in total. The van der Waals surface area contributed by atoms with Gasteiger partial charge in [0.05, 0.1) is 0 Å². The summed E-state index contributed by atoms with van der Waals surface area (Å²) in [6.45, 7) is 8.71. The van der Waals surface area contributed by atoms with Crippen LogP contribution in [-0.4, -0.2) is 48.2 Å². The predicted molar refractivity (Wildman–Crippen MR) is 65.7 cm³/mol. The van der Waals surface area contributed by atoms with E-state index < -0.39 is 0 Å². The lowest BCUT2D eigenvalue weighted by molar-refractivity contribution is 0.264. The average molecular weight is 228 g/mol. The summed E-state index contributed by atoms with van der Waals surface area (Å²) in [5.41, 5.74) is 5.38. The zero-order valence-electron chi connectivity index (χ0n) is 10.3. The summed E-state index contributed by atoms with van der Waals surface area (Å²) in [6.07, 6.45) is 1.88. The maximum atomic E-state index is 8.37. The van der Waals surface area contributed by atoms with Gasteiger partial charge < -0.3 is 21.2 Å². The second-order valence-electron chi connectivity index (χ2n) is 4.79. The zero-order valence-corrected chi connectivity index (χ0v) is 10.3. The van der Waals surface area contributed by atoms with Crippen LogP contribution in [0.2, 0.25) is 0 Å². The van der Waals surface area contributed by atoms with Crippen molar-refractivity contribution in [3.8, 4) is 0 Å². The molecule has 0 aromatic carbocycles. The fourth-order valence-corrected chi connectivity index (χ4v) is 2.07. The fraction of sp³-hybridized carbons (Fsp3) is 0.909. The summed E-state index contributed by atoms with van der Waals surface area (Å²) in [6, 6.07) is 0.655. The van der Waals surface area contributed by atoms with Gasteiger partial charge in [-0.1, -0.05) is 5.16 Å². The van der Waals surface area contributed by atoms with E-state index in [-0.39, 0.29) is 0 Å². The molecule has 0 bridgehead atoms. The first-order valence-electron chi connectivity index (χ1n) is 6.04. The van der Waals surface area contributed by atoms with E-state index in [0.29, 0.717) is 18.3 Å². The number of hydrogen-bond acceptors (Lipinski definition) is 4. The van der Waals surface area contributed by atoms with Crippen LogP contribution < -0.4 is 11.1 Å². The molecule has 0 spiro atoms. The van der Waals surface area contributed by atoms with Gasteiger partial charge in [-0.3, -0.25) is 0 Å². The number of nitrogens with two attached hydrogens (primary N) is 1. The van der Waals surface area contributed by atoms with Gasteiger partial charge in [-0.15, -0.1) is 0 Å². The number of hydrogen-bond donors (Lipinski definition) is 3. The molecule has 1 rings (SSSR count). The van der Waals surface area contributed by atoms with Gasteiger partial charge in [0.25, 0.3) is 0 Å². The van der Waals surface area contributed by atoms with Crippen LogP contribution in [0.15, 0.2) is 5.16 Å². The molecule has 0 saturated carbocycles. The van der Waals surface area contributed by atoms with Crippen molar-refractivity contribution >= 4 is 5.84 Å². The highest BCUT2D eigenvalue weighted by Gasteiger charge is 2.23. The molecular weight excluding hydrogens is 204 g/mol. The number of oxime groups is 1. The van der Waals surface area contributed by atoms with Gasteiger partial charge in [-0.2, -0.15) is 0 Å². The summed E-state index contributed by atoms with van der Waals surface area (Å²) >= 11 is 0. The first-order chi connectivity index (χ1) is 7.63. The van der Waals surface area contributed by atoms with Gasteiger partial charge in [-0.05, 0) is 39.3 Å². The molecule has 1 heterocycles. The average Bonchev–Trinajstić information content (AvgIpc) is 2.72. The van der Waals surface area contributed by atoms with E-state index in [1.165, 1.54) is 19.5 Å². The standard InChI is InChI=1S/C11H24N4O/c1-9(2)15-6-4-10(8-15)7-13-5-3-11(12)14-16/h9-10,13,16H,3-8H2,1-2H3,(H2,12,14). The number of nitrogens with zero attached hydrogens (tertiary/aromatic N) is 2. The van der Waals surface area contributed by atoms with Gasteiger partial charge in [0.2, 0.25) is 0 Å². The van der Waals surface area contributed by atoms with Crippen LogP contribution in [0.25, 0.3) is 0 Å². The highest BCUT2D eigenvalue weighted by atomic mass is 16.4. The summed E-state index contributed by atoms with van der Waals surface area (Å²) in [5.74, 6) is 1.04. The van der Waals surface area contributed by atoms with Gasteiger partial charge in [0.1, 0.15) is 5.84 Å². The van der Waals surface area contributed by atoms with E-state index in [2.05, 4.69) is 29.2 Å². The van der Waals surface area contributed by atoms with Crippen molar-refractivity contribution in [3.05, 3.63) is 0 Å². The molecular formula is C11H24N4O. The molecule has 5 heteroatoms. The van der Waals surface area contributed by atoms with Crippen molar-refractivity contribution in [3.63, 3.8) is 0 Å². The Morgan fingerprint density at radius 3 is 2.94 bits per heavy atom. The lowest BCUT2D eigenvalue weighted by atomic mass is 10.1. The topological polar surface area (TPSA) is 73.9 Å². The maximum Gasteiger partial charge on any atom is 0.140 e. The Bertz CT molecular complexity index is 230. The lowest BCUT2D eigenvalue weighted by Gasteiger charge is -2.20. The largest absolute Gasteiger partial charge is 0.409 e. The predicted octanol–water partition coefficient (Wildman–Crippen LogP) is 0.443. The molecule has 0 aromatic heterocycles. The smallest absolute Gasteiger partial charge is 0.140 e. The number of rotatable bonds is 6. The highest BCUT2D eigenvalue weighted by Crippen LogP contribution is 2.17. The van der Waals surface area contributed by atoms with E-state index in [4.69, 9.17) is 10.9 Å². The van der Waals surface area contributed by atoms with Crippen molar-refractivity contribution in [2.24, 2.45) is 16.8 Å². The zero-order chi connectivity index (χ0) is 12.0. The fourth-order valence-electron chi connectivity index (χ4n) is 2.07. The molecule has 94 valence electrons. The number of likely N-dealkylation sites (tertiary alicyclic amines) is 1. The second kappa shape index (κ2) is 6.70. The van der Waals surface area contributed by atoms with Gasteiger partial charge in [-0.25, -0.2) is 0 Å². The Balaban J connectivity index is 2.07. The van der Waals surface area contributed by atoms with Gasteiger partial charge in [0, 0.05) is 25.6 Å². The van der Waals surface area contributed by atoms with Crippen molar-refractivity contribution in [2.75, 3.05) is 26.2 Å². The Labute approximate surface area is 97.7 Å². The summed E-state index contributed by atoms with van der Waals surface area (Å²) in [7, 11) is 0. The SMILES string of the molecule is CC(C)N1CCC(CNCCC(N)=NO)C1. The summed E-state index contributed by atoms with van der Waals surface area (Å²) in [5, 5.41) is 14.7. The van der Waals surface area contributed by atoms with Crippen molar-refractivity contribution in [1.82, 2.24) is 10.2 Å². The van der Waals surface area contributed by atoms with Crippen LogP contribution in [0.3, 0.4) is 0 Å². The third kappa shape index (κ3) is 4.37. The first-order valence-corrected chi connectivity index (χ1v) is 6.04. The highest BCUT2D eigenvalue weighted by molar-refractivity contribution is 5.79. The van der Waals surface area contributed by atoms with E-state index in [9.17, 15) is 0 Å². The second-order valence-corrected chi connectivity index (χ2v) is 4.79. The molecule has 0 aromatic rings.